The fourth-order valence-corrected chi connectivity index (χ4v) is 3.53. The molecule has 2 aromatic rings. The number of methoxy groups -OCH3 is 2. The van der Waals surface area contributed by atoms with Crippen LogP contribution >= 0.6 is 11.6 Å². The van der Waals surface area contributed by atoms with E-state index in [1.54, 1.807) is 24.1 Å². The zero-order chi connectivity index (χ0) is 19.0. The van der Waals surface area contributed by atoms with Crippen molar-refractivity contribution in [3.63, 3.8) is 0 Å². The number of amides is 1. The Morgan fingerprint density at radius 3 is 2.46 bits per heavy atom. The summed E-state index contributed by atoms with van der Waals surface area (Å²) in [6.45, 7) is 4.94. The average Bonchev–Trinajstić information content (AvgIpc) is 2.92. The predicted molar refractivity (Wildman–Crippen MR) is 98.6 cm³/mol. The summed E-state index contributed by atoms with van der Waals surface area (Å²) in [5.74, 6) is 0.689. The number of rotatable bonds is 5. The first kappa shape index (κ1) is 18.5. The summed E-state index contributed by atoms with van der Waals surface area (Å²) >= 11 is 5.85. The van der Waals surface area contributed by atoms with E-state index in [1.807, 2.05) is 6.07 Å². The van der Waals surface area contributed by atoms with Crippen LogP contribution in [0.5, 0.6) is 11.5 Å². The first-order chi connectivity index (χ1) is 12.4. The van der Waals surface area contributed by atoms with Gasteiger partial charge in [0.2, 0.25) is 0 Å². The molecule has 1 aliphatic heterocycles. The molecule has 0 spiro atoms. The van der Waals surface area contributed by atoms with Crippen LogP contribution in [0.4, 0.5) is 4.39 Å². The zero-order valence-electron chi connectivity index (χ0n) is 15.2. The fourth-order valence-electron chi connectivity index (χ4n) is 3.33. The first-order valence-electron chi connectivity index (χ1n) is 8.38. The lowest BCUT2D eigenvalue weighted by Gasteiger charge is -2.18. The quantitative estimate of drug-likeness (QED) is 0.753. The third-order valence-electron chi connectivity index (χ3n) is 4.60. The Bertz CT molecular complexity index is 867. The third-order valence-corrected chi connectivity index (χ3v) is 4.89. The molecule has 138 valence electrons. The molecule has 1 heterocycles. The van der Waals surface area contributed by atoms with Crippen LogP contribution < -0.4 is 9.47 Å². The van der Waals surface area contributed by atoms with Crippen molar-refractivity contribution < 1.29 is 18.7 Å². The van der Waals surface area contributed by atoms with E-state index >= 15 is 0 Å². The van der Waals surface area contributed by atoms with E-state index in [9.17, 15) is 9.18 Å². The van der Waals surface area contributed by atoms with Gasteiger partial charge in [-0.25, -0.2) is 4.39 Å². The summed E-state index contributed by atoms with van der Waals surface area (Å²) in [5.41, 5.74) is 3.21. The molecular weight excluding hydrogens is 357 g/mol. The van der Waals surface area contributed by atoms with Gasteiger partial charge in [0.05, 0.1) is 24.8 Å². The summed E-state index contributed by atoms with van der Waals surface area (Å²) in [4.78, 5) is 14.7. The van der Waals surface area contributed by atoms with E-state index < -0.39 is 5.82 Å². The number of halogens is 2. The molecule has 4 nitrogen and oxygen atoms in total. The minimum Gasteiger partial charge on any atom is -0.493 e. The molecule has 6 heteroatoms. The second kappa shape index (κ2) is 7.16. The lowest BCUT2D eigenvalue weighted by Crippen LogP contribution is -2.23. The summed E-state index contributed by atoms with van der Waals surface area (Å²) in [6.07, 6.45) is 0. The maximum absolute atomic E-state index is 13.4. The van der Waals surface area contributed by atoms with Gasteiger partial charge in [-0.3, -0.25) is 4.79 Å². The molecule has 2 aromatic carbocycles. The van der Waals surface area contributed by atoms with Crippen LogP contribution in [-0.2, 0) is 13.1 Å². The van der Waals surface area contributed by atoms with Crippen LogP contribution in [-0.4, -0.2) is 25.0 Å². The molecular formula is C20H21ClFNO3. The monoisotopic (exact) mass is 377 g/mol. The lowest BCUT2D eigenvalue weighted by molar-refractivity contribution is 0.0764. The molecule has 0 bridgehead atoms. The second-order valence-corrected chi connectivity index (χ2v) is 7.04. The maximum Gasteiger partial charge on any atom is 0.258 e. The number of ether oxygens (including phenoxy) is 2. The van der Waals surface area contributed by atoms with Gasteiger partial charge in [0, 0.05) is 18.7 Å². The highest BCUT2D eigenvalue weighted by Gasteiger charge is 2.34. The van der Waals surface area contributed by atoms with Crippen molar-refractivity contribution in [3.8, 4) is 11.5 Å². The van der Waals surface area contributed by atoms with E-state index in [0.29, 0.717) is 30.2 Å². The van der Waals surface area contributed by atoms with Crippen molar-refractivity contribution in [2.45, 2.75) is 32.9 Å². The number of carbonyl (C=O) groups excluding carboxylic acids is 1. The van der Waals surface area contributed by atoms with Gasteiger partial charge in [-0.1, -0.05) is 31.5 Å². The Morgan fingerprint density at radius 2 is 1.88 bits per heavy atom. The normalized spacial score (nSPS) is 13.3. The van der Waals surface area contributed by atoms with Crippen molar-refractivity contribution in [2.24, 2.45) is 0 Å². The molecule has 0 unspecified atom stereocenters. The Morgan fingerprint density at radius 1 is 1.19 bits per heavy atom. The van der Waals surface area contributed by atoms with E-state index in [2.05, 4.69) is 13.8 Å². The number of hydrogen-bond donors (Lipinski definition) is 0. The van der Waals surface area contributed by atoms with Crippen molar-refractivity contribution in [3.05, 3.63) is 57.4 Å². The predicted octanol–water partition coefficient (Wildman–Crippen LogP) is 4.78. The lowest BCUT2D eigenvalue weighted by atomic mass is 9.96. The zero-order valence-corrected chi connectivity index (χ0v) is 16.0. The summed E-state index contributed by atoms with van der Waals surface area (Å²) in [6, 6.07) is 6.50. The molecule has 0 atom stereocenters. The molecule has 0 aromatic heterocycles. The SMILES string of the molecule is COc1c(C(C)C)cc2c(c1OC)C(=O)N(Cc1ccc(F)c(Cl)c1)C2. The Balaban J connectivity index is 1.99. The molecule has 1 amide bonds. The van der Waals surface area contributed by atoms with Crippen LogP contribution in [0, 0.1) is 5.82 Å². The average molecular weight is 378 g/mol. The number of hydrogen-bond acceptors (Lipinski definition) is 3. The molecule has 0 aliphatic carbocycles. The Labute approximate surface area is 157 Å². The number of fused-ring (bicyclic) bond motifs is 1. The van der Waals surface area contributed by atoms with Crippen LogP contribution in [0.25, 0.3) is 0 Å². The van der Waals surface area contributed by atoms with Gasteiger partial charge in [-0.05, 0) is 35.2 Å². The van der Waals surface area contributed by atoms with Gasteiger partial charge in [-0.2, -0.15) is 0 Å². The minimum atomic E-state index is -0.473. The molecule has 0 saturated heterocycles. The van der Waals surface area contributed by atoms with E-state index in [0.717, 1.165) is 16.7 Å². The van der Waals surface area contributed by atoms with Crippen molar-refractivity contribution in [2.75, 3.05) is 14.2 Å². The van der Waals surface area contributed by atoms with Crippen LogP contribution in [0.2, 0.25) is 5.02 Å². The van der Waals surface area contributed by atoms with E-state index in [1.165, 1.54) is 13.2 Å². The maximum atomic E-state index is 13.4. The van der Waals surface area contributed by atoms with E-state index in [4.69, 9.17) is 21.1 Å². The molecule has 1 aliphatic rings. The number of benzene rings is 2. The van der Waals surface area contributed by atoms with Crippen LogP contribution in [0.3, 0.4) is 0 Å². The van der Waals surface area contributed by atoms with Gasteiger partial charge in [-0.15, -0.1) is 0 Å². The highest BCUT2D eigenvalue weighted by molar-refractivity contribution is 6.30. The van der Waals surface area contributed by atoms with Gasteiger partial charge in [0.15, 0.2) is 11.5 Å². The largest absolute Gasteiger partial charge is 0.493 e. The molecule has 26 heavy (non-hydrogen) atoms. The van der Waals surface area contributed by atoms with Crippen LogP contribution in [0.1, 0.15) is 46.8 Å². The van der Waals surface area contributed by atoms with Crippen molar-refractivity contribution in [1.29, 1.82) is 0 Å². The van der Waals surface area contributed by atoms with Gasteiger partial charge in [0.25, 0.3) is 5.91 Å². The molecule has 0 fully saturated rings. The highest BCUT2D eigenvalue weighted by Crippen LogP contribution is 2.44. The molecule has 3 rings (SSSR count). The molecule has 0 saturated carbocycles. The van der Waals surface area contributed by atoms with Gasteiger partial charge < -0.3 is 14.4 Å². The standard InChI is InChI=1S/C20H21ClFNO3/c1-11(2)14-8-13-10-23(9-12-5-6-16(22)15(21)7-12)20(24)17(13)19(26-4)18(14)25-3/h5-8,11H,9-10H2,1-4H3. The Hall–Kier alpha value is -2.27. The Kier molecular flexibility index (Phi) is 5.10. The molecule has 0 N–H and O–H groups in total. The second-order valence-electron chi connectivity index (χ2n) is 6.63. The van der Waals surface area contributed by atoms with Crippen molar-refractivity contribution >= 4 is 17.5 Å². The fraction of sp³-hybridized carbons (Fsp3) is 0.350. The molecule has 0 radical (unpaired) electrons. The van der Waals surface area contributed by atoms with Crippen molar-refractivity contribution in [1.82, 2.24) is 4.90 Å². The van der Waals surface area contributed by atoms with Crippen LogP contribution in [0.15, 0.2) is 24.3 Å². The number of nitrogens with zero attached hydrogens (tertiary/aromatic N) is 1. The van der Waals surface area contributed by atoms with Gasteiger partial charge >= 0.3 is 0 Å². The number of carbonyl (C=O) groups is 1. The minimum absolute atomic E-state index is 0.0491. The topological polar surface area (TPSA) is 38.8 Å². The summed E-state index contributed by atoms with van der Waals surface area (Å²) in [7, 11) is 3.12. The highest BCUT2D eigenvalue weighted by atomic mass is 35.5. The van der Waals surface area contributed by atoms with E-state index in [-0.39, 0.29) is 16.8 Å². The third kappa shape index (κ3) is 3.12. The first-order valence-corrected chi connectivity index (χ1v) is 8.76. The smallest absolute Gasteiger partial charge is 0.258 e. The summed E-state index contributed by atoms with van der Waals surface area (Å²) < 4.78 is 24.4. The summed E-state index contributed by atoms with van der Waals surface area (Å²) in [5, 5.41) is 0.0491. The van der Waals surface area contributed by atoms with Gasteiger partial charge in [0.1, 0.15) is 5.82 Å².